The first-order valence-electron chi connectivity index (χ1n) is 5.53. The van der Waals surface area contributed by atoms with E-state index < -0.39 is 0 Å². The van der Waals surface area contributed by atoms with Crippen LogP contribution in [0.1, 0.15) is 5.56 Å². The summed E-state index contributed by atoms with van der Waals surface area (Å²) in [5.41, 5.74) is 2.61. The average Bonchev–Trinajstić information content (AvgIpc) is 2.82. The number of para-hydroxylation sites is 1. The van der Waals surface area contributed by atoms with Gasteiger partial charge in [-0.15, -0.1) is 0 Å². The van der Waals surface area contributed by atoms with Crippen molar-refractivity contribution in [3.8, 4) is 0 Å². The molecule has 2 heterocycles. The van der Waals surface area contributed by atoms with Crippen molar-refractivity contribution in [3.63, 3.8) is 0 Å². The number of aromatic nitrogens is 1. The summed E-state index contributed by atoms with van der Waals surface area (Å²) in [5, 5.41) is 6.86. The Morgan fingerprint density at radius 3 is 2.78 bits per heavy atom. The number of amides is 1. The van der Waals surface area contributed by atoms with Crippen LogP contribution in [-0.4, -0.2) is 15.6 Å². The van der Waals surface area contributed by atoms with Gasteiger partial charge in [-0.25, -0.2) is 0 Å². The van der Waals surface area contributed by atoms with E-state index in [0.29, 0.717) is 10.8 Å². The Balaban J connectivity index is 2.13. The minimum absolute atomic E-state index is 0.187. The van der Waals surface area contributed by atoms with Crippen LogP contribution >= 0.6 is 12.2 Å². The number of aryl methyl sites for hydroxylation is 1. The van der Waals surface area contributed by atoms with Gasteiger partial charge in [-0.1, -0.05) is 18.2 Å². The molecule has 4 nitrogen and oxygen atoms in total. The van der Waals surface area contributed by atoms with Crippen molar-refractivity contribution in [2.75, 3.05) is 0 Å². The van der Waals surface area contributed by atoms with Crippen LogP contribution in [0.25, 0.3) is 17.0 Å². The van der Waals surface area contributed by atoms with E-state index in [1.165, 1.54) is 0 Å². The zero-order chi connectivity index (χ0) is 12.7. The highest BCUT2D eigenvalue weighted by Crippen LogP contribution is 2.22. The zero-order valence-electron chi connectivity index (χ0n) is 9.73. The third-order valence-electron chi connectivity index (χ3n) is 2.95. The molecule has 90 valence electrons. The summed E-state index contributed by atoms with van der Waals surface area (Å²) in [5.74, 6) is -0.187. The Bertz CT molecular complexity index is 699. The van der Waals surface area contributed by atoms with Crippen LogP contribution in [0.15, 0.2) is 36.2 Å². The first-order valence-corrected chi connectivity index (χ1v) is 5.94. The smallest absolute Gasteiger partial charge is 0.273 e. The van der Waals surface area contributed by atoms with Crippen molar-refractivity contribution < 1.29 is 4.79 Å². The van der Waals surface area contributed by atoms with E-state index in [1.54, 1.807) is 0 Å². The van der Waals surface area contributed by atoms with Crippen molar-refractivity contribution in [1.82, 2.24) is 15.2 Å². The maximum Gasteiger partial charge on any atom is 0.273 e. The van der Waals surface area contributed by atoms with E-state index in [4.69, 9.17) is 12.2 Å². The van der Waals surface area contributed by atoms with Crippen LogP contribution in [0, 0.1) is 0 Å². The highest BCUT2D eigenvalue weighted by atomic mass is 32.1. The summed E-state index contributed by atoms with van der Waals surface area (Å²) in [6.07, 6.45) is 3.81. The molecule has 0 bridgehead atoms. The van der Waals surface area contributed by atoms with Gasteiger partial charge in [-0.2, -0.15) is 0 Å². The quantitative estimate of drug-likeness (QED) is 0.601. The molecule has 18 heavy (non-hydrogen) atoms. The minimum atomic E-state index is -0.187. The van der Waals surface area contributed by atoms with Crippen LogP contribution in [0.3, 0.4) is 0 Å². The number of hydrogen-bond acceptors (Lipinski definition) is 2. The fourth-order valence-electron chi connectivity index (χ4n) is 2.13. The predicted molar refractivity (Wildman–Crippen MR) is 74.8 cm³/mol. The molecule has 0 aliphatic carbocycles. The molecule has 1 amide bonds. The second kappa shape index (κ2) is 3.96. The van der Waals surface area contributed by atoms with Crippen LogP contribution in [0.2, 0.25) is 0 Å². The first kappa shape index (κ1) is 11.0. The van der Waals surface area contributed by atoms with Gasteiger partial charge in [0, 0.05) is 29.7 Å². The molecule has 1 fully saturated rings. The summed E-state index contributed by atoms with van der Waals surface area (Å²) in [6.45, 7) is 0. The molecular formula is C13H11N3OS. The van der Waals surface area contributed by atoms with Gasteiger partial charge in [0.15, 0.2) is 5.11 Å². The van der Waals surface area contributed by atoms with Gasteiger partial charge in [-0.05, 0) is 24.4 Å². The number of carbonyl (C=O) groups is 1. The number of carbonyl (C=O) groups excluding carboxylic acids is 1. The largest absolute Gasteiger partial charge is 0.350 e. The van der Waals surface area contributed by atoms with Crippen LogP contribution in [-0.2, 0) is 11.8 Å². The highest BCUT2D eigenvalue weighted by molar-refractivity contribution is 7.80. The van der Waals surface area contributed by atoms with Crippen molar-refractivity contribution in [2.24, 2.45) is 7.05 Å². The Morgan fingerprint density at radius 2 is 2.06 bits per heavy atom. The van der Waals surface area contributed by atoms with E-state index in [1.807, 2.05) is 48.2 Å². The van der Waals surface area contributed by atoms with Gasteiger partial charge in [0.2, 0.25) is 0 Å². The molecule has 2 aromatic rings. The van der Waals surface area contributed by atoms with Gasteiger partial charge in [0.1, 0.15) is 5.70 Å². The Kier molecular flexibility index (Phi) is 2.41. The maximum atomic E-state index is 11.6. The molecule has 1 saturated heterocycles. The van der Waals surface area contributed by atoms with E-state index in [0.717, 1.165) is 16.5 Å². The number of benzene rings is 1. The number of rotatable bonds is 1. The highest BCUT2D eigenvalue weighted by Gasteiger charge is 2.20. The molecule has 0 saturated carbocycles. The molecule has 1 aromatic carbocycles. The number of nitrogens with zero attached hydrogens (tertiary/aromatic N) is 1. The van der Waals surface area contributed by atoms with E-state index >= 15 is 0 Å². The van der Waals surface area contributed by atoms with Gasteiger partial charge in [0.05, 0.1) is 0 Å². The summed E-state index contributed by atoms with van der Waals surface area (Å²) < 4.78 is 2.03. The predicted octanol–water partition coefficient (Wildman–Crippen LogP) is 1.52. The van der Waals surface area contributed by atoms with Crippen molar-refractivity contribution in [3.05, 3.63) is 41.7 Å². The molecule has 2 N–H and O–H groups in total. The third-order valence-corrected chi connectivity index (χ3v) is 3.15. The number of fused-ring (bicyclic) bond motifs is 1. The fraction of sp³-hybridized carbons (Fsp3) is 0.0769. The number of hydrogen-bond donors (Lipinski definition) is 2. The second-order valence-electron chi connectivity index (χ2n) is 4.18. The van der Waals surface area contributed by atoms with Gasteiger partial charge in [0.25, 0.3) is 5.91 Å². The molecule has 0 radical (unpaired) electrons. The lowest BCUT2D eigenvalue weighted by atomic mass is 10.1. The molecule has 1 aliphatic rings. The third kappa shape index (κ3) is 1.69. The van der Waals surface area contributed by atoms with Gasteiger partial charge < -0.3 is 9.88 Å². The summed E-state index contributed by atoms with van der Waals surface area (Å²) in [6, 6.07) is 8.06. The molecular weight excluding hydrogens is 246 g/mol. The monoisotopic (exact) mass is 257 g/mol. The van der Waals surface area contributed by atoms with Crippen molar-refractivity contribution in [1.29, 1.82) is 0 Å². The molecule has 1 aliphatic heterocycles. The zero-order valence-corrected chi connectivity index (χ0v) is 10.5. The summed E-state index contributed by atoms with van der Waals surface area (Å²) in [7, 11) is 1.98. The Hall–Kier alpha value is -2.14. The topological polar surface area (TPSA) is 46.1 Å². The van der Waals surface area contributed by atoms with Crippen LogP contribution in [0.4, 0.5) is 0 Å². The van der Waals surface area contributed by atoms with Gasteiger partial charge >= 0.3 is 0 Å². The van der Waals surface area contributed by atoms with Gasteiger partial charge in [-0.3, -0.25) is 10.1 Å². The molecule has 3 rings (SSSR count). The second-order valence-corrected chi connectivity index (χ2v) is 4.59. The number of nitrogens with one attached hydrogen (secondary N) is 2. The SMILES string of the molecule is Cn1cc(/C=C2\NC(=S)NC2=O)c2ccccc21. The van der Waals surface area contributed by atoms with Crippen molar-refractivity contribution in [2.45, 2.75) is 0 Å². The summed E-state index contributed by atoms with van der Waals surface area (Å²) >= 11 is 4.90. The van der Waals surface area contributed by atoms with Crippen molar-refractivity contribution >= 4 is 40.2 Å². The van der Waals surface area contributed by atoms with Crippen LogP contribution < -0.4 is 10.6 Å². The maximum absolute atomic E-state index is 11.6. The Labute approximate surface area is 109 Å². The molecule has 0 unspecified atom stereocenters. The van der Waals surface area contributed by atoms with E-state index in [-0.39, 0.29) is 5.91 Å². The number of thiocarbonyl (C=S) groups is 1. The van der Waals surface area contributed by atoms with E-state index in [2.05, 4.69) is 10.6 Å². The molecule has 1 aromatic heterocycles. The normalized spacial score (nSPS) is 17.3. The molecule has 0 atom stereocenters. The fourth-order valence-corrected chi connectivity index (χ4v) is 2.33. The van der Waals surface area contributed by atoms with E-state index in [9.17, 15) is 4.79 Å². The molecule has 0 spiro atoms. The first-order chi connectivity index (χ1) is 8.65. The average molecular weight is 257 g/mol. The van der Waals surface area contributed by atoms with Crippen LogP contribution in [0.5, 0.6) is 0 Å². The molecule has 5 heteroatoms. The lowest BCUT2D eigenvalue weighted by molar-refractivity contribution is -0.115. The standard InChI is InChI=1S/C13H11N3OS/c1-16-7-8(9-4-2-3-5-11(9)16)6-10-12(17)15-13(18)14-10/h2-7H,1H3,(H2,14,15,17,18)/b10-6-. The Morgan fingerprint density at radius 1 is 1.28 bits per heavy atom. The lowest BCUT2D eigenvalue weighted by Crippen LogP contribution is -2.21. The lowest BCUT2D eigenvalue weighted by Gasteiger charge is -1.94. The summed E-state index contributed by atoms with van der Waals surface area (Å²) in [4.78, 5) is 11.6. The minimum Gasteiger partial charge on any atom is -0.350 e.